The molecular formula is C10H9ClN2O3. The third-order valence-electron chi connectivity index (χ3n) is 2.29. The Hall–Kier alpha value is -1.88. The van der Waals surface area contributed by atoms with E-state index in [1.165, 1.54) is 12.3 Å². The zero-order valence-electron chi connectivity index (χ0n) is 8.36. The lowest BCUT2D eigenvalue weighted by molar-refractivity contribution is 0.404. The summed E-state index contributed by atoms with van der Waals surface area (Å²) in [7, 11) is 0. The van der Waals surface area contributed by atoms with Crippen LogP contribution in [0.1, 0.15) is 5.56 Å². The van der Waals surface area contributed by atoms with Gasteiger partial charge in [-0.15, -0.1) is 0 Å². The summed E-state index contributed by atoms with van der Waals surface area (Å²) in [6.45, 7) is 1.73. The van der Waals surface area contributed by atoms with Crippen LogP contribution < -0.4 is 5.73 Å². The molecule has 0 unspecified atom stereocenters. The first kappa shape index (κ1) is 10.6. The third kappa shape index (κ3) is 1.45. The smallest absolute Gasteiger partial charge is 0.230 e. The largest absolute Gasteiger partial charge is 0.504 e. The van der Waals surface area contributed by atoms with Crippen LogP contribution in [0.5, 0.6) is 11.5 Å². The molecule has 0 saturated heterocycles. The Morgan fingerprint density at radius 1 is 1.44 bits per heavy atom. The highest BCUT2D eigenvalue weighted by atomic mass is 35.5. The quantitative estimate of drug-likeness (QED) is 0.665. The van der Waals surface area contributed by atoms with E-state index in [1.807, 2.05) is 0 Å². The summed E-state index contributed by atoms with van der Waals surface area (Å²) in [4.78, 5) is 0. The van der Waals surface area contributed by atoms with Crippen LogP contribution in [0.3, 0.4) is 0 Å². The Morgan fingerprint density at radius 2 is 2.12 bits per heavy atom. The van der Waals surface area contributed by atoms with Gasteiger partial charge in [0.1, 0.15) is 0 Å². The van der Waals surface area contributed by atoms with Gasteiger partial charge in [-0.1, -0.05) is 16.8 Å². The van der Waals surface area contributed by atoms with E-state index >= 15 is 0 Å². The molecule has 2 aromatic rings. The lowest BCUT2D eigenvalue weighted by Gasteiger charge is -2.09. The molecule has 0 amide bonds. The first-order chi connectivity index (χ1) is 7.52. The molecule has 0 radical (unpaired) electrons. The molecule has 0 aliphatic rings. The summed E-state index contributed by atoms with van der Waals surface area (Å²) >= 11 is 5.93. The van der Waals surface area contributed by atoms with Crippen molar-refractivity contribution in [3.8, 4) is 22.6 Å². The molecule has 0 aliphatic heterocycles. The minimum absolute atomic E-state index is 0.0207. The van der Waals surface area contributed by atoms with E-state index in [-0.39, 0.29) is 22.4 Å². The predicted molar refractivity (Wildman–Crippen MR) is 59.4 cm³/mol. The lowest BCUT2D eigenvalue weighted by atomic mass is 10.0. The molecule has 16 heavy (non-hydrogen) atoms. The third-order valence-corrected chi connectivity index (χ3v) is 2.65. The van der Waals surface area contributed by atoms with Gasteiger partial charge in [-0.2, -0.15) is 0 Å². The fourth-order valence-corrected chi connectivity index (χ4v) is 1.86. The van der Waals surface area contributed by atoms with Crippen molar-refractivity contribution in [1.29, 1.82) is 0 Å². The topological polar surface area (TPSA) is 92.5 Å². The molecule has 0 fully saturated rings. The zero-order chi connectivity index (χ0) is 11.9. The molecule has 1 aromatic carbocycles. The van der Waals surface area contributed by atoms with Crippen LogP contribution in [-0.2, 0) is 0 Å². The number of phenolic OH excluding ortho intramolecular Hbond substituents is 2. The van der Waals surface area contributed by atoms with Crippen molar-refractivity contribution in [2.75, 3.05) is 5.73 Å². The number of benzene rings is 1. The normalized spacial score (nSPS) is 10.6. The first-order valence-corrected chi connectivity index (χ1v) is 4.81. The van der Waals surface area contributed by atoms with E-state index in [0.717, 1.165) is 0 Å². The molecule has 5 nitrogen and oxygen atoms in total. The Morgan fingerprint density at radius 3 is 2.69 bits per heavy atom. The second-order valence-electron chi connectivity index (χ2n) is 3.35. The van der Waals surface area contributed by atoms with Gasteiger partial charge < -0.3 is 20.5 Å². The van der Waals surface area contributed by atoms with E-state index < -0.39 is 0 Å². The number of aryl methyl sites for hydroxylation is 1. The summed E-state index contributed by atoms with van der Waals surface area (Å²) in [5, 5.41) is 22.4. The number of halogens is 1. The van der Waals surface area contributed by atoms with E-state index in [0.29, 0.717) is 16.7 Å². The number of rotatable bonds is 1. The fraction of sp³-hybridized carbons (Fsp3) is 0.100. The van der Waals surface area contributed by atoms with Gasteiger partial charge in [0.2, 0.25) is 5.88 Å². The van der Waals surface area contributed by atoms with Gasteiger partial charge in [-0.25, -0.2) is 0 Å². The van der Waals surface area contributed by atoms with Crippen LogP contribution in [0.15, 0.2) is 16.8 Å². The van der Waals surface area contributed by atoms with Gasteiger partial charge in [0.15, 0.2) is 11.5 Å². The molecule has 0 saturated carbocycles. The molecule has 0 bridgehead atoms. The molecule has 6 heteroatoms. The minimum Gasteiger partial charge on any atom is -0.504 e. The van der Waals surface area contributed by atoms with Gasteiger partial charge in [0.25, 0.3) is 0 Å². The molecule has 4 N–H and O–H groups in total. The number of hydrogen-bond acceptors (Lipinski definition) is 5. The summed E-state index contributed by atoms with van der Waals surface area (Å²) in [5.74, 6) is -0.556. The van der Waals surface area contributed by atoms with E-state index in [4.69, 9.17) is 21.9 Å². The van der Waals surface area contributed by atoms with Crippen molar-refractivity contribution in [3.05, 3.63) is 22.8 Å². The van der Waals surface area contributed by atoms with Gasteiger partial charge in [0.05, 0.1) is 16.8 Å². The van der Waals surface area contributed by atoms with Crippen molar-refractivity contribution >= 4 is 17.5 Å². The highest BCUT2D eigenvalue weighted by molar-refractivity contribution is 6.35. The number of aromatic hydroxyl groups is 2. The standard InChI is InChI=1S/C10H9ClN2O3/c1-4-2-6(14)9(15)8(11)7(4)5-3-13-16-10(5)12/h2-3,14-15H,12H2,1H3. The molecule has 1 aromatic heterocycles. The molecule has 0 spiro atoms. The maximum atomic E-state index is 9.53. The van der Waals surface area contributed by atoms with Crippen LogP contribution in [0.2, 0.25) is 5.02 Å². The SMILES string of the molecule is Cc1cc(O)c(O)c(Cl)c1-c1cnoc1N. The molecule has 1 heterocycles. The first-order valence-electron chi connectivity index (χ1n) is 4.44. The van der Waals surface area contributed by atoms with Crippen molar-refractivity contribution in [1.82, 2.24) is 5.16 Å². The van der Waals surface area contributed by atoms with Crippen molar-refractivity contribution in [3.63, 3.8) is 0 Å². The van der Waals surface area contributed by atoms with Crippen LogP contribution in [0, 0.1) is 6.92 Å². The molecule has 0 atom stereocenters. The summed E-state index contributed by atoms with van der Waals surface area (Å²) in [6.07, 6.45) is 1.40. The number of nitrogens with zero attached hydrogens (tertiary/aromatic N) is 1. The predicted octanol–water partition coefficient (Wildman–Crippen LogP) is 2.30. The van der Waals surface area contributed by atoms with E-state index in [2.05, 4.69) is 5.16 Å². The number of anilines is 1. The number of nitrogen functional groups attached to an aromatic ring is 1. The number of hydrogen-bond donors (Lipinski definition) is 3. The average Bonchev–Trinajstić information content (AvgIpc) is 2.62. The second kappa shape index (κ2) is 3.61. The van der Waals surface area contributed by atoms with Crippen molar-refractivity contribution in [2.24, 2.45) is 0 Å². The Bertz CT molecular complexity index is 551. The molecule has 84 valence electrons. The summed E-state index contributed by atoms with van der Waals surface area (Å²) in [6, 6.07) is 1.39. The Balaban J connectivity index is 2.76. The van der Waals surface area contributed by atoms with Gasteiger partial charge >= 0.3 is 0 Å². The highest BCUT2D eigenvalue weighted by Gasteiger charge is 2.18. The fourth-order valence-electron chi connectivity index (χ4n) is 1.52. The average molecular weight is 241 g/mol. The monoisotopic (exact) mass is 240 g/mol. The molecule has 2 rings (SSSR count). The Kier molecular flexibility index (Phi) is 2.40. The van der Waals surface area contributed by atoms with Crippen LogP contribution >= 0.6 is 11.6 Å². The van der Waals surface area contributed by atoms with E-state index in [1.54, 1.807) is 6.92 Å². The van der Waals surface area contributed by atoms with Crippen molar-refractivity contribution in [2.45, 2.75) is 6.92 Å². The second-order valence-corrected chi connectivity index (χ2v) is 3.73. The lowest BCUT2D eigenvalue weighted by Crippen LogP contribution is -1.89. The number of phenols is 2. The number of aromatic nitrogens is 1. The maximum absolute atomic E-state index is 9.53. The zero-order valence-corrected chi connectivity index (χ0v) is 9.12. The van der Waals surface area contributed by atoms with Crippen molar-refractivity contribution < 1.29 is 14.7 Å². The highest BCUT2D eigenvalue weighted by Crippen LogP contribution is 2.44. The van der Waals surface area contributed by atoms with E-state index in [9.17, 15) is 10.2 Å². The van der Waals surface area contributed by atoms with Crippen LogP contribution in [0.25, 0.3) is 11.1 Å². The Labute approximate surface area is 96.1 Å². The minimum atomic E-state index is -0.386. The van der Waals surface area contributed by atoms with Gasteiger partial charge in [-0.05, 0) is 18.6 Å². The number of nitrogens with two attached hydrogens (primary N) is 1. The summed E-state index contributed by atoms with van der Waals surface area (Å²) in [5.41, 5.74) is 7.21. The molecule has 0 aliphatic carbocycles. The van der Waals surface area contributed by atoms with Crippen LogP contribution in [-0.4, -0.2) is 15.4 Å². The van der Waals surface area contributed by atoms with Gasteiger partial charge in [0, 0.05) is 5.56 Å². The van der Waals surface area contributed by atoms with Gasteiger partial charge in [-0.3, -0.25) is 0 Å². The maximum Gasteiger partial charge on any atom is 0.230 e. The summed E-state index contributed by atoms with van der Waals surface area (Å²) < 4.78 is 4.72. The van der Waals surface area contributed by atoms with Crippen LogP contribution in [0.4, 0.5) is 5.88 Å². The molecular weight excluding hydrogens is 232 g/mol.